The Bertz CT molecular complexity index is 651. The number of nitrogens with one attached hydrogen (secondary N) is 2. The number of hydrogen-bond donors (Lipinski definition) is 2. The van der Waals surface area contributed by atoms with Gasteiger partial charge in [0.25, 0.3) is 0 Å². The van der Waals surface area contributed by atoms with E-state index in [2.05, 4.69) is 61.4 Å². The van der Waals surface area contributed by atoms with E-state index >= 15 is 0 Å². The van der Waals surface area contributed by atoms with Gasteiger partial charge in [-0.05, 0) is 39.4 Å². The van der Waals surface area contributed by atoms with Gasteiger partial charge in [0.1, 0.15) is 12.4 Å². The minimum atomic E-state index is 0. The molecule has 0 saturated carbocycles. The maximum atomic E-state index is 5.99. The Morgan fingerprint density at radius 2 is 1.91 bits per heavy atom. The average Bonchev–Trinajstić information content (AvgIpc) is 2.75. The van der Waals surface area contributed by atoms with Crippen LogP contribution >= 0.6 is 24.0 Å². The summed E-state index contributed by atoms with van der Waals surface area (Å²) in [5, 5.41) is 6.97. The lowest BCUT2D eigenvalue weighted by atomic mass is 10.0. The summed E-state index contributed by atoms with van der Waals surface area (Å²) in [7, 11) is 4.11. The highest BCUT2D eigenvalue weighted by atomic mass is 127. The highest BCUT2D eigenvalue weighted by Gasteiger charge is 2.22. The summed E-state index contributed by atoms with van der Waals surface area (Å²) in [4.78, 5) is 9.52. The molecule has 184 valence electrons. The molecule has 7 nitrogen and oxygen atoms in total. The lowest BCUT2D eigenvalue weighted by Gasteiger charge is -2.35. The van der Waals surface area contributed by atoms with Gasteiger partial charge in [-0.15, -0.1) is 24.0 Å². The number of nitrogens with zero attached hydrogens (tertiary/aromatic N) is 3. The monoisotopic (exact) mass is 561 g/mol. The number of para-hydroxylation sites is 1. The van der Waals surface area contributed by atoms with E-state index in [0.29, 0.717) is 25.1 Å². The standard InChI is InChI=1S/C24H43N5O2.HI/c1-6-25-24(27-19-22(17-20(2)3)29-12-14-30-15-13-29)26-18-21-9-7-8-10-23(21)31-16-11-28(4)5;/h7-10,20,22H,6,11-19H2,1-5H3,(H2,25,26,27);1H. The van der Waals surface area contributed by atoms with Crippen LogP contribution in [0.2, 0.25) is 0 Å². The van der Waals surface area contributed by atoms with Gasteiger partial charge in [0, 0.05) is 44.3 Å². The van der Waals surface area contributed by atoms with Crippen molar-refractivity contribution in [1.29, 1.82) is 0 Å². The highest BCUT2D eigenvalue weighted by molar-refractivity contribution is 14.0. The number of aliphatic imine (C=N–C) groups is 1. The third-order valence-electron chi connectivity index (χ3n) is 5.33. The second-order valence-electron chi connectivity index (χ2n) is 8.77. The summed E-state index contributed by atoms with van der Waals surface area (Å²) in [6.07, 6.45) is 1.16. The summed E-state index contributed by atoms with van der Waals surface area (Å²) in [6, 6.07) is 8.65. The zero-order valence-electron chi connectivity index (χ0n) is 20.6. The number of halogens is 1. The lowest BCUT2D eigenvalue weighted by molar-refractivity contribution is 0.0132. The van der Waals surface area contributed by atoms with E-state index in [1.807, 2.05) is 18.2 Å². The molecule has 1 atom stereocenters. The quantitative estimate of drug-likeness (QED) is 0.233. The molecular weight excluding hydrogens is 517 g/mol. The summed E-state index contributed by atoms with van der Waals surface area (Å²) in [5.41, 5.74) is 1.10. The van der Waals surface area contributed by atoms with Crippen LogP contribution in [0.3, 0.4) is 0 Å². The van der Waals surface area contributed by atoms with E-state index in [9.17, 15) is 0 Å². The van der Waals surface area contributed by atoms with Gasteiger partial charge in [-0.25, -0.2) is 4.99 Å². The molecule has 1 saturated heterocycles. The molecule has 1 heterocycles. The Morgan fingerprint density at radius 1 is 1.19 bits per heavy atom. The van der Waals surface area contributed by atoms with Crippen molar-refractivity contribution in [3.05, 3.63) is 29.8 Å². The maximum absolute atomic E-state index is 5.99. The minimum absolute atomic E-state index is 0. The fourth-order valence-electron chi connectivity index (χ4n) is 3.68. The molecule has 1 aliphatic rings. The van der Waals surface area contributed by atoms with Gasteiger partial charge in [0.2, 0.25) is 0 Å². The van der Waals surface area contributed by atoms with Crippen molar-refractivity contribution in [3.63, 3.8) is 0 Å². The topological polar surface area (TPSA) is 61.4 Å². The normalized spacial score (nSPS) is 16.0. The first-order valence-electron chi connectivity index (χ1n) is 11.7. The van der Waals surface area contributed by atoms with E-state index in [4.69, 9.17) is 14.5 Å². The second-order valence-corrected chi connectivity index (χ2v) is 8.77. The van der Waals surface area contributed by atoms with Gasteiger partial charge in [0.05, 0.1) is 19.8 Å². The molecule has 0 amide bonds. The molecule has 0 aromatic heterocycles. The first kappa shape index (κ1) is 28.9. The van der Waals surface area contributed by atoms with Gasteiger partial charge in [0.15, 0.2) is 5.96 Å². The SMILES string of the molecule is CCNC(=NCc1ccccc1OCCN(C)C)NCC(CC(C)C)N1CCOCC1.I. The summed E-state index contributed by atoms with van der Waals surface area (Å²) >= 11 is 0. The Labute approximate surface area is 212 Å². The number of hydrogen-bond acceptors (Lipinski definition) is 5. The maximum Gasteiger partial charge on any atom is 0.191 e. The van der Waals surface area contributed by atoms with E-state index in [1.54, 1.807) is 0 Å². The largest absolute Gasteiger partial charge is 0.492 e. The van der Waals surface area contributed by atoms with Crippen molar-refractivity contribution in [2.75, 3.05) is 66.6 Å². The number of ether oxygens (including phenoxy) is 2. The van der Waals surface area contributed by atoms with Crippen LogP contribution in [0.25, 0.3) is 0 Å². The smallest absolute Gasteiger partial charge is 0.191 e. The first-order valence-corrected chi connectivity index (χ1v) is 11.7. The molecule has 2 rings (SSSR count). The summed E-state index contributed by atoms with van der Waals surface area (Å²) < 4.78 is 11.5. The third-order valence-corrected chi connectivity index (χ3v) is 5.33. The molecule has 8 heteroatoms. The van der Waals surface area contributed by atoms with Crippen molar-refractivity contribution >= 4 is 29.9 Å². The van der Waals surface area contributed by atoms with Gasteiger partial charge >= 0.3 is 0 Å². The Balaban J connectivity index is 0.00000512. The van der Waals surface area contributed by atoms with Crippen molar-refractivity contribution in [2.24, 2.45) is 10.9 Å². The summed E-state index contributed by atoms with van der Waals surface area (Å²) in [5.74, 6) is 2.42. The molecule has 32 heavy (non-hydrogen) atoms. The number of benzene rings is 1. The molecule has 1 aliphatic heterocycles. The molecule has 1 unspecified atom stereocenters. The molecule has 1 aromatic rings. The van der Waals surface area contributed by atoms with Crippen LogP contribution in [0, 0.1) is 5.92 Å². The molecule has 0 spiro atoms. The Morgan fingerprint density at radius 3 is 2.56 bits per heavy atom. The molecule has 0 bridgehead atoms. The number of morpholine rings is 1. The lowest BCUT2D eigenvalue weighted by Crippen LogP contribution is -2.51. The average molecular weight is 562 g/mol. The Kier molecular flexibility index (Phi) is 14.9. The molecular formula is C24H44IN5O2. The zero-order chi connectivity index (χ0) is 22.5. The summed E-state index contributed by atoms with van der Waals surface area (Å²) in [6.45, 7) is 14.2. The van der Waals surface area contributed by atoms with E-state index in [0.717, 1.165) is 69.6 Å². The van der Waals surface area contributed by atoms with Crippen LogP contribution in [0.5, 0.6) is 5.75 Å². The first-order chi connectivity index (χ1) is 15.0. The molecule has 0 aliphatic carbocycles. The number of likely N-dealkylation sites (N-methyl/N-ethyl adjacent to an activating group) is 1. The van der Waals surface area contributed by atoms with Crippen molar-refractivity contribution in [2.45, 2.75) is 39.8 Å². The molecule has 0 radical (unpaired) electrons. The molecule has 1 fully saturated rings. The van der Waals surface area contributed by atoms with Crippen molar-refractivity contribution in [1.82, 2.24) is 20.4 Å². The van der Waals surface area contributed by atoms with Crippen LogP contribution in [0.1, 0.15) is 32.8 Å². The zero-order valence-corrected chi connectivity index (χ0v) is 22.9. The van der Waals surface area contributed by atoms with Gasteiger partial charge in [-0.3, -0.25) is 4.90 Å². The Hall–Kier alpha value is -1.10. The van der Waals surface area contributed by atoms with E-state index in [-0.39, 0.29) is 24.0 Å². The third kappa shape index (κ3) is 11.2. The van der Waals surface area contributed by atoms with Crippen molar-refractivity contribution < 1.29 is 9.47 Å². The van der Waals surface area contributed by atoms with Crippen LogP contribution in [0.15, 0.2) is 29.3 Å². The second kappa shape index (κ2) is 16.5. The molecule has 1 aromatic carbocycles. The molecule has 2 N–H and O–H groups in total. The van der Waals surface area contributed by atoms with E-state index < -0.39 is 0 Å². The van der Waals surface area contributed by atoms with Gasteiger partial charge < -0.3 is 25.0 Å². The van der Waals surface area contributed by atoms with Crippen molar-refractivity contribution in [3.8, 4) is 5.75 Å². The van der Waals surface area contributed by atoms with Gasteiger partial charge in [-0.2, -0.15) is 0 Å². The van der Waals surface area contributed by atoms with Crippen LogP contribution in [0.4, 0.5) is 0 Å². The van der Waals surface area contributed by atoms with E-state index in [1.165, 1.54) is 0 Å². The van der Waals surface area contributed by atoms with Gasteiger partial charge in [-0.1, -0.05) is 32.0 Å². The fraction of sp³-hybridized carbons (Fsp3) is 0.708. The minimum Gasteiger partial charge on any atom is -0.492 e. The predicted molar refractivity (Wildman–Crippen MR) is 144 cm³/mol. The number of rotatable bonds is 12. The fourth-order valence-corrected chi connectivity index (χ4v) is 3.68. The van der Waals surface area contributed by atoms with Crippen LogP contribution in [-0.2, 0) is 11.3 Å². The predicted octanol–water partition coefficient (Wildman–Crippen LogP) is 3.05. The van der Waals surface area contributed by atoms with Crippen LogP contribution < -0.4 is 15.4 Å². The highest BCUT2D eigenvalue weighted by Crippen LogP contribution is 2.19. The van der Waals surface area contributed by atoms with Crippen LogP contribution in [-0.4, -0.2) is 88.4 Å². The number of guanidine groups is 1.